The zero-order chi connectivity index (χ0) is 19.4. The van der Waals surface area contributed by atoms with Crippen LogP contribution in [0.5, 0.6) is 0 Å². The highest BCUT2D eigenvalue weighted by atomic mass is 79.9. The molecule has 0 bridgehead atoms. The average molecular weight is 470 g/mol. The van der Waals surface area contributed by atoms with Crippen molar-refractivity contribution in [3.63, 3.8) is 0 Å². The third kappa shape index (κ3) is 4.90. The number of amides is 1. The Morgan fingerprint density at radius 3 is 2.48 bits per heavy atom. The van der Waals surface area contributed by atoms with Crippen molar-refractivity contribution in [2.45, 2.75) is 16.8 Å². The highest BCUT2D eigenvalue weighted by Gasteiger charge is 2.28. The second-order valence-electron chi connectivity index (χ2n) is 6.00. The molecule has 144 valence electrons. The number of carbonyl (C=O) groups excluding carboxylic acids is 1. The van der Waals surface area contributed by atoms with Crippen LogP contribution in [0.1, 0.15) is 17.3 Å². The van der Waals surface area contributed by atoms with Gasteiger partial charge in [0.15, 0.2) is 0 Å². The van der Waals surface area contributed by atoms with E-state index in [1.807, 2.05) is 30.3 Å². The summed E-state index contributed by atoms with van der Waals surface area (Å²) in [4.78, 5) is 19.9. The minimum Gasteiger partial charge on any atom is -0.336 e. The fourth-order valence-electron chi connectivity index (χ4n) is 2.79. The van der Waals surface area contributed by atoms with E-state index in [1.54, 1.807) is 24.1 Å². The lowest BCUT2D eigenvalue weighted by Crippen LogP contribution is -2.50. The van der Waals surface area contributed by atoms with Gasteiger partial charge >= 0.3 is 0 Å². The normalized spacial score (nSPS) is 15.7. The number of hydrogen-bond acceptors (Lipinski definition) is 5. The molecule has 6 nitrogen and oxygen atoms in total. The van der Waals surface area contributed by atoms with Crippen LogP contribution in [0.2, 0.25) is 0 Å². The van der Waals surface area contributed by atoms with Crippen molar-refractivity contribution in [3.8, 4) is 0 Å². The monoisotopic (exact) mass is 469 g/mol. The summed E-state index contributed by atoms with van der Waals surface area (Å²) in [7, 11) is -3.21. The van der Waals surface area contributed by atoms with Crippen LogP contribution in [0.25, 0.3) is 0 Å². The Balaban J connectivity index is 1.73. The molecule has 1 aliphatic rings. The van der Waals surface area contributed by atoms with E-state index >= 15 is 0 Å². The summed E-state index contributed by atoms with van der Waals surface area (Å²) in [5, 5.41) is 0.803. The summed E-state index contributed by atoms with van der Waals surface area (Å²) in [5.74, 6) is 0.00408. The molecule has 0 atom stereocenters. The number of carbonyl (C=O) groups is 1. The van der Waals surface area contributed by atoms with Gasteiger partial charge in [0.05, 0.1) is 11.3 Å². The predicted molar refractivity (Wildman–Crippen MR) is 109 cm³/mol. The standard InChI is InChI=1S/C18H20BrN3O3S2/c1-2-27(24,25)22-11-9-21(10-12-22)18(23)15-5-3-4-6-16(15)26-17-8-7-14(19)13-20-17/h3-8,13H,2,9-12H2,1H3. The van der Waals surface area contributed by atoms with Gasteiger partial charge in [-0.15, -0.1) is 0 Å². The lowest BCUT2D eigenvalue weighted by molar-refractivity contribution is 0.0694. The Labute approximate surface area is 172 Å². The van der Waals surface area contributed by atoms with Crippen molar-refractivity contribution in [2.75, 3.05) is 31.9 Å². The lowest BCUT2D eigenvalue weighted by atomic mass is 10.2. The van der Waals surface area contributed by atoms with Gasteiger partial charge in [-0.05, 0) is 47.1 Å². The highest BCUT2D eigenvalue weighted by Crippen LogP contribution is 2.30. The van der Waals surface area contributed by atoms with Gasteiger partial charge in [0.1, 0.15) is 5.03 Å². The molecule has 9 heteroatoms. The number of aromatic nitrogens is 1. The Kier molecular flexibility index (Phi) is 6.56. The molecule has 0 aliphatic carbocycles. The van der Waals surface area contributed by atoms with Crippen LogP contribution in [-0.2, 0) is 10.0 Å². The summed E-state index contributed by atoms with van der Waals surface area (Å²) in [6.45, 7) is 3.11. The van der Waals surface area contributed by atoms with E-state index in [1.165, 1.54) is 16.1 Å². The molecule has 1 fully saturated rings. The summed E-state index contributed by atoms with van der Waals surface area (Å²) >= 11 is 4.80. The topological polar surface area (TPSA) is 70.6 Å². The molecule has 1 amide bonds. The van der Waals surface area contributed by atoms with Crippen LogP contribution >= 0.6 is 27.7 Å². The minimum atomic E-state index is -3.21. The minimum absolute atomic E-state index is 0.0799. The zero-order valence-electron chi connectivity index (χ0n) is 14.8. The Morgan fingerprint density at radius 1 is 1.15 bits per heavy atom. The SMILES string of the molecule is CCS(=O)(=O)N1CCN(C(=O)c2ccccc2Sc2ccc(Br)cn2)CC1. The van der Waals surface area contributed by atoms with E-state index in [2.05, 4.69) is 20.9 Å². The maximum absolute atomic E-state index is 13.0. The molecule has 1 aromatic carbocycles. The van der Waals surface area contributed by atoms with Crippen molar-refractivity contribution >= 4 is 43.6 Å². The number of nitrogens with zero attached hydrogens (tertiary/aromatic N) is 3. The third-order valence-electron chi connectivity index (χ3n) is 4.32. The smallest absolute Gasteiger partial charge is 0.255 e. The van der Waals surface area contributed by atoms with Crippen molar-refractivity contribution in [1.29, 1.82) is 0 Å². The van der Waals surface area contributed by atoms with E-state index in [-0.39, 0.29) is 11.7 Å². The second-order valence-corrected chi connectivity index (χ2v) is 10.2. The van der Waals surface area contributed by atoms with E-state index in [0.29, 0.717) is 31.7 Å². The first-order valence-electron chi connectivity index (χ1n) is 8.56. The van der Waals surface area contributed by atoms with Crippen LogP contribution in [0.4, 0.5) is 0 Å². The van der Waals surface area contributed by atoms with Gasteiger partial charge < -0.3 is 4.90 Å². The Hall–Kier alpha value is -1.42. The first-order chi connectivity index (χ1) is 12.9. The van der Waals surface area contributed by atoms with E-state index in [4.69, 9.17) is 0 Å². The molecule has 0 N–H and O–H groups in total. The van der Waals surface area contributed by atoms with E-state index < -0.39 is 10.0 Å². The molecule has 0 spiro atoms. The van der Waals surface area contributed by atoms with Gasteiger partial charge in [0.25, 0.3) is 5.91 Å². The van der Waals surface area contributed by atoms with Gasteiger partial charge in [-0.1, -0.05) is 23.9 Å². The molecule has 0 unspecified atom stereocenters. The highest BCUT2D eigenvalue weighted by molar-refractivity contribution is 9.10. The fraction of sp³-hybridized carbons (Fsp3) is 0.333. The zero-order valence-corrected chi connectivity index (χ0v) is 18.1. The second kappa shape index (κ2) is 8.72. The summed E-state index contributed by atoms with van der Waals surface area (Å²) in [6.07, 6.45) is 1.72. The lowest BCUT2D eigenvalue weighted by Gasteiger charge is -2.34. The number of hydrogen-bond donors (Lipinski definition) is 0. The van der Waals surface area contributed by atoms with Crippen molar-refractivity contribution in [1.82, 2.24) is 14.2 Å². The van der Waals surface area contributed by atoms with Crippen molar-refractivity contribution in [3.05, 3.63) is 52.6 Å². The van der Waals surface area contributed by atoms with Crippen LogP contribution in [0.3, 0.4) is 0 Å². The predicted octanol–water partition coefficient (Wildman–Crippen LogP) is 3.10. The molecular weight excluding hydrogens is 450 g/mol. The van der Waals surface area contributed by atoms with Crippen LogP contribution in [-0.4, -0.2) is 60.4 Å². The van der Waals surface area contributed by atoms with E-state index in [0.717, 1.165) is 14.4 Å². The van der Waals surface area contributed by atoms with Gasteiger partial charge in [-0.2, -0.15) is 4.31 Å². The third-order valence-corrected chi connectivity index (χ3v) is 7.69. The van der Waals surface area contributed by atoms with Gasteiger partial charge in [-0.25, -0.2) is 13.4 Å². The molecule has 1 aromatic heterocycles. The number of pyridine rings is 1. The Bertz CT molecular complexity index is 912. The molecule has 27 heavy (non-hydrogen) atoms. The number of halogens is 1. The fourth-order valence-corrected chi connectivity index (χ4v) is 4.99. The molecule has 0 radical (unpaired) electrons. The summed E-state index contributed by atoms with van der Waals surface area (Å²) in [5.41, 5.74) is 0.610. The van der Waals surface area contributed by atoms with Crippen LogP contribution < -0.4 is 0 Å². The van der Waals surface area contributed by atoms with Gasteiger partial charge in [0, 0.05) is 41.7 Å². The molecule has 1 saturated heterocycles. The quantitative estimate of drug-likeness (QED) is 0.672. The molecule has 2 heterocycles. The van der Waals surface area contributed by atoms with Gasteiger partial charge in [-0.3, -0.25) is 4.79 Å². The maximum atomic E-state index is 13.0. The first-order valence-corrected chi connectivity index (χ1v) is 11.8. The molecule has 0 saturated carbocycles. The number of benzene rings is 1. The number of piperazine rings is 1. The van der Waals surface area contributed by atoms with Gasteiger partial charge in [0.2, 0.25) is 10.0 Å². The van der Waals surface area contributed by atoms with Crippen molar-refractivity contribution < 1.29 is 13.2 Å². The van der Waals surface area contributed by atoms with E-state index in [9.17, 15) is 13.2 Å². The molecule has 1 aliphatic heterocycles. The van der Waals surface area contributed by atoms with Crippen LogP contribution in [0, 0.1) is 0 Å². The summed E-state index contributed by atoms with van der Waals surface area (Å²) < 4.78 is 26.3. The largest absolute Gasteiger partial charge is 0.336 e. The van der Waals surface area contributed by atoms with Crippen molar-refractivity contribution in [2.24, 2.45) is 0 Å². The first kappa shape index (κ1) is 20.3. The molecule has 3 rings (SSSR count). The summed E-state index contributed by atoms with van der Waals surface area (Å²) in [6, 6.07) is 11.2. The maximum Gasteiger partial charge on any atom is 0.255 e. The number of sulfonamides is 1. The Morgan fingerprint density at radius 2 is 1.85 bits per heavy atom. The molecule has 2 aromatic rings. The average Bonchev–Trinajstić information content (AvgIpc) is 2.70. The number of rotatable bonds is 5. The molecular formula is C18H20BrN3O3S2. The van der Waals surface area contributed by atoms with Crippen LogP contribution in [0.15, 0.2) is 57.0 Å².